The van der Waals surface area contributed by atoms with Crippen molar-refractivity contribution in [2.24, 2.45) is 0 Å². The lowest BCUT2D eigenvalue weighted by Crippen LogP contribution is -2.02. The van der Waals surface area contributed by atoms with Crippen LogP contribution in [0.1, 0.15) is 16.3 Å². The van der Waals surface area contributed by atoms with Gasteiger partial charge in [-0.05, 0) is 43.7 Å². The summed E-state index contributed by atoms with van der Waals surface area (Å²) in [6.45, 7) is 4.27. The lowest BCUT2D eigenvalue weighted by Gasteiger charge is -2.08. The summed E-state index contributed by atoms with van der Waals surface area (Å²) < 4.78 is 3.05. The lowest BCUT2D eigenvalue weighted by molar-refractivity contribution is 0.956. The molecule has 0 unspecified atom stereocenters. The fourth-order valence-corrected chi connectivity index (χ4v) is 4.65. The fraction of sp³-hybridized carbons (Fsp3) is 0.167. The van der Waals surface area contributed by atoms with Crippen LogP contribution in [0.25, 0.3) is 16.0 Å². The van der Waals surface area contributed by atoms with Crippen molar-refractivity contribution in [1.82, 2.24) is 19.5 Å². The van der Waals surface area contributed by atoms with Crippen LogP contribution in [0.4, 0.5) is 0 Å². The topological polar surface area (TPSA) is 43.6 Å². The van der Waals surface area contributed by atoms with E-state index >= 15 is 0 Å². The highest BCUT2D eigenvalue weighted by Gasteiger charge is 2.16. The molecule has 0 aliphatic heterocycles. The van der Waals surface area contributed by atoms with Gasteiger partial charge in [0.2, 0.25) is 0 Å². The number of fused-ring (bicyclic) bond motifs is 1. The first kappa shape index (κ1) is 16.8. The third-order valence-electron chi connectivity index (χ3n) is 3.99. The third kappa shape index (κ3) is 3.36. The molecule has 4 rings (SSSR count). The molecule has 0 saturated heterocycles. The molecule has 0 aliphatic rings. The second kappa shape index (κ2) is 6.90. The number of rotatable bonds is 4. The Hall–Kier alpha value is -1.70. The third-order valence-corrected chi connectivity index (χ3v) is 6.62. The highest BCUT2D eigenvalue weighted by molar-refractivity contribution is 9.10. The van der Waals surface area contributed by atoms with E-state index in [1.807, 2.05) is 10.8 Å². The van der Waals surface area contributed by atoms with Crippen molar-refractivity contribution in [3.05, 3.63) is 63.7 Å². The molecule has 0 atom stereocenters. The number of hydrogen-bond donors (Lipinski definition) is 0. The van der Waals surface area contributed by atoms with Crippen LogP contribution >= 0.6 is 39.0 Å². The Morgan fingerprint density at radius 3 is 2.68 bits per heavy atom. The van der Waals surface area contributed by atoms with E-state index in [1.54, 1.807) is 35.6 Å². The molecule has 0 amide bonds. The largest absolute Gasteiger partial charge is 0.290 e. The minimum atomic E-state index is 0.731. The molecule has 0 saturated carbocycles. The fourth-order valence-electron chi connectivity index (χ4n) is 2.59. The highest BCUT2D eigenvalue weighted by Crippen LogP contribution is 2.33. The summed E-state index contributed by atoms with van der Waals surface area (Å²) in [5.74, 6) is 2.48. The summed E-state index contributed by atoms with van der Waals surface area (Å²) in [5, 5.41) is 1.12. The molecule has 126 valence electrons. The molecule has 0 spiro atoms. The van der Waals surface area contributed by atoms with Crippen molar-refractivity contribution in [3.8, 4) is 5.82 Å². The molecule has 4 nitrogen and oxygen atoms in total. The van der Waals surface area contributed by atoms with E-state index in [-0.39, 0.29) is 0 Å². The average Bonchev–Trinajstić information content (AvgIpc) is 3.23. The smallest absolute Gasteiger partial charge is 0.150 e. The summed E-state index contributed by atoms with van der Waals surface area (Å²) in [7, 11) is 0. The van der Waals surface area contributed by atoms with Gasteiger partial charge in [-0.3, -0.25) is 4.57 Å². The number of hydrogen-bond acceptors (Lipinski definition) is 5. The quantitative estimate of drug-likeness (QED) is 0.398. The maximum atomic E-state index is 4.84. The minimum Gasteiger partial charge on any atom is -0.290 e. The average molecular weight is 431 g/mol. The van der Waals surface area contributed by atoms with Gasteiger partial charge in [-0.2, -0.15) is 0 Å². The monoisotopic (exact) mass is 430 g/mol. The van der Waals surface area contributed by atoms with Crippen LogP contribution in [0, 0.1) is 13.8 Å². The van der Waals surface area contributed by atoms with Crippen LogP contribution in [0.5, 0.6) is 0 Å². The van der Waals surface area contributed by atoms with Gasteiger partial charge in [-0.15, -0.1) is 23.1 Å². The Kier molecular flexibility index (Phi) is 4.62. The van der Waals surface area contributed by atoms with Crippen molar-refractivity contribution in [1.29, 1.82) is 0 Å². The zero-order chi connectivity index (χ0) is 17.4. The maximum absolute atomic E-state index is 4.84. The van der Waals surface area contributed by atoms with Gasteiger partial charge in [0.15, 0.2) is 5.82 Å². The minimum absolute atomic E-state index is 0.731. The molecule has 0 fully saturated rings. The summed E-state index contributed by atoms with van der Waals surface area (Å²) >= 11 is 6.94. The number of imidazole rings is 1. The van der Waals surface area contributed by atoms with Crippen molar-refractivity contribution in [2.45, 2.75) is 24.5 Å². The Bertz CT molecular complexity index is 1020. The van der Waals surface area contributed by atoms with E-state index < -0.39 is 0 Å². The molecule has 0 radical (unpaired) electrons. The first-order valence-corrected chi connectivity index (χ1v) is 10.3. The van der Waals surface area contributed by atoms with Gasteiger partial charge >= 0.3 is 0 Å². The van der Waals surface area contributed by atoms with E-state index in [4.69, 9.17) is 9.97 Å². The number of aryl methyl sites for hydroxylation is 2. The standard InChI is InChI=1S/C18H15BrN4S2/c1-11-12(2)25-18-16(11)17(23-8-7-20-10-23)21-15(22-18)9-24-14-5-3-13(19)4-6-14/h3-8,10H,9H2,1-2H3. The van der Waals surface area contributed by atoms with Crippen LogP contribution in [-0.4, -0.2) is 19.5 Å². The Balaban J connectivity index is 1.73. The zero-order valence-corrected chi connectivity index (χ0v) is 17.0. The molecule has 0 bridgehead atoms. The van der Waals surface area contributed by atoms with E-state index in [1.165, 1.54) is 15.3 Å². The Morgan fingerprint density at radius 2 is 1.96 bits per heavy atom. The molecule has 1 aromatic carbocycles. The number of benzene rings is 1. The molecule has 0 N–H and O–H groups in total. The van der Waals surface area contributed by atoms with Crippen LogP contribution < -0.4 is 0 Å². The molecule has 3 heterocycles. The molecular formula is C18H15BrN4S2. The molecule has 25 heavy (non-hydrogen) atoms. The van der Waals surface area contributed by atoms with Gasteiger partial charge < -0.3 is 0 Å². The predicted octanol–water partition coefficient (Wildman–Crippen LogP) is 5.55. The molecule has 0 aliphatic carbocycles. The van der Waals surface area contributed by atoms with Crippen molar-refractivity contribution < 1.29 is 0 Å². The van der Waals surface area contributed by atoms with Gasteiger partial charge in [0.05, 0.1) is 11.1 Å². The van der Waals surface area contributed by atoms with Gasteiger partial charge in [0.25, 0.3) is 0 Å². The Morgan fingerprint density at radius 1 is 1.16 bits per heavy atom. The number of aromatic nitrogens is 4. The van der Waals surface area contributed by atoms with Crippen molar-refractivity contribution in [3.63, 3.8) is 0 Å². The first-order valence-electron chi connectivity index (χ1n) is 7.75. The maximum Gasteiger partial charge on any atom is 0.150 e. The number of thioether (sulfide) groups is 1. The van der Waals surface area contributed by atoms with Crippen molar-refractivity contribution in [2.75, 3.05) is 0 Å². The van der Waals surface area contributed by atoms with Gasteiger partial charge in [-0.1, -0.05) is 15.9 Å². The van der Waals surface area contributed by atoms with Gasteiger partial charge in [0.1, 0.15) is 17.0 Å². The molecule has 3 aromatic heterocycles. The second-order valence-electron chi connectivity index (χ2n) is 5.64. The van der Waals surface area contributed by atoms with Crippen LogP contribution in [0.2, 0.25) is 0 Å². The summed E-state index contributed by atoms with van der Waals surface area (Å²) in [4.78, 5) is 17.3. The molecular weight excluding hydrogens is 416 g/mol. The Labute approximate surface area is 162 Å². The van der Waals surface area contributed by atoms with Crippen LogP contribution in [0.3, 0.4) is 0 Å². The zero-order valence-electron chi connectivity index (χ0n) is 13.7. The predicted molar refractivity (Wildman–Crippen MR) is 108 cm³/mol. The summed E-state index contributed by atoms with van der Waals surface area (Å²) in [6, 6.07) is 8.30. The number of nitrogens with zero attached hydrogens (tertiary/aromatic N) is 4. The van der Waals surface area contributed by atoms with Gasteiger partial charge in [-0.25, -0.2) is 15.0 Å². The van der Waals surface area contributed by atoms with Crippen molar-refractivity contribution >= 4 is 49.2 Å². The summed E-state index contributed by atoms with van der Waals surface area (Å²) in [5.41, 5.74) is 1.25. The summed E-state index contributed by atoms with van der Waals surface area (Å²) in [6.07, 6.45) is 5.50. The molecule has 4 aromatic rings. The van der Waals surface area contributed by atoms with E-state index in [9.17, 15) is 0 Å². The molecule has 7 heteroatoms. The highest BCUT2D eigenvalue weighted by atomic mass is 79.9. The van der Waals surface area contributed by atoms with Crippen LogP contribution in [0.15, 0.2) is 52.4 Å². The van der Waals surface area contributed by atoms with E-state index in [2.05, 4.69) is 59.0 Å². The lowest BCUT2D eigenvalue weighted by atomic mass is 10.2. The second-order valence-corrected chi connectivity index (χ2v) is 8.81. The van der Waals surface area contributed by atoms with E-state index in [0.29, 0.717) is 0 Å². The van der Waals surface area contributed by atoms with Gasteiger partial charge in [0, 0.05) is 26.6 Å². The number of halogens is 1. The SMILES string of the molecule is Cc1sc2nc(CSc3ccc(Br)cc3)nc(-n3ccnc3)c2c1C. The first-order chi connectivity index (χ1) is 12.1. The normalized spacial score (nSPS) is 11.3. The number of thiophene rings is 1. The van der Waals surface area contributed by atoms with E-state index in [0.717, 1.165) is 32.1 Å². The van der Waals surface area contributed by atoms with Crippen LogP contribution in [-0.2, 0) is 5.75 Å².